The van der Waals surface area contributed by atoms with Gasteiger partial charge in [-0.25, -0.2) is 12.8 Å². The SMILES string of the molecule is CN(C)C1=C(C(=O)Nc2ccc(F)cc2)S(=O)(=O)c2ccccc21. The van der Waals surface area contributed by atoms with Crippen LogP contribution in [0.3, 0.4) is 0 Å². The van der Waals surface area contributed by atoms with Gasteiger partial charge in [0.2, 0.25) is 9.84 Å². The molecule has 2 aromatic rings. The first-order valence-electron chi connectivity index (χ1n) is 7.15. The number of sulfone groups is 1. The quantitative estimate of drug-likeness (QED) is 0.927. The van der Waals surface area contributed by atoms with Gasteiger partial charge in [-0.2, -0.15) is 0 Å². The van der Waals surface area contributed by atoms with Crippen molar-refractivity contribution in [3.8, 4) is 0 Å². The Bertz CT molecular complexity index is 948. The molecule has 0 saturated carbocycles. The number of amides is 1. The van der Waals surface area contributed by atoms with E-state index in [4.69, 9.17) is 0 Å². The predicted octanol–water partition coefficient (Wildman–Crippen LogP) is 2.48. The van der Waals surface area contributed by atoms with Crippen LogP contribution < -0.4 is 5.32 Å². The normalized spacial score (nSPS) is 15.1. The van der Waals surface area contributed by atoms with Crippen molar-refractivity contribution in [1.82, 2.24) is 4.90 Å². The molecule has 124 valence electrons. The maximum Gasteiger partial charge on any atom is 0.269 e. The van der Waals surface area contributed by atoms with Gasteiger partial charge in [0, 0.05) is 25.3 Å². The first kappa shape index (κ1) is 16.2. The van der Waals surface area contributed by atoms with Crippen molar-refractivity contribution in [1.29, 1.82) is 0 Å². The highest BCUT2D eigenvalue weighted by Gasteiger charge is 2.40. The number of anilines is 1. The lowest BCUT2D eigenvalue weighted by atomic mass is 10.1. The van der Waals surface area contributed by atoms with E-state index in [1.165, 1.54) is 30.3 Å². The second kappa shape index (κ2) is 5.76. The van der Waals surface area contributed by atoms with Gasteiger partial charge in [0.15, 0.2) is 4.91 Å². The average molecular weight is 346 g/mol. The molecule has 1 heterocycles. The van der Waals surface area contributed by atoms with Gasteiger partial charge in [-0.05, 0) is 30.3 Å². The van der Waals surface area contributed by atoms with E-state index >= 15 is 0 Å². The standard InChI is InChI=1S/C17H15FN2O3S/c1-20(2)15-13-5-3-4-6-14(13)24(22,23)16(15)17(21)19-12-9-7-11(18)8-10-12/h3-10H,1-2H3,(H,19,21). The number of carbonyl (C=O) groups is 1. The lowest BCUT2D eigenvalue weighted by Gasteiger charge is -2.16. The van der Waals surface area contributed by atoms with Crippen LogP contribution in [0.5, 0.6) is 0 Å². The molecule has 0 unspecified atom stereocenters. The fourth-order valence-corrected chi connectivity index (χ4v) is 4.42. The van der Waals surface area contributed by atoms with Crippen LogP contribution in [0, 0.1) is 5.82 Å². The lowest BCUT2D eigenvalue weighted by Crippen LogP contribution is -2.22. The molecule has 1 aliphatic heterocycles. The number of carbonyl (C=O) groups excluding carboxylic acids is 1. The minimum Gasteiger partial charge on any atom is -0.376 e. The molecule has 0 saturated heterocycles. The number of nitrogens with one attached hydrogen (secondary N) is 1. The van der Waals surface area contributed by atoms with E-state index in [2.05, 4.69) is 5.32 Å². The van der Waals surface area contributed by atoms with E-state index in [1.807, 2.05) is 0 Å². The van der Waals surface area contributed by atoms with Crippen LogP contribution in [0.2, 0.25) is 0 Å². The highest BCUT2D eigenvalue weighted by Crippen LogP contribution is 2.40. The largest absolute Gasteiger partial charge is 0.376 e. The summed E-state index contributed by atoms with van der Waals surface area (Å²) in [5, 5.41) is 2.52. The molecule has 7 heteroatoms. The first-order valence-corrected chi connectivity index (χ1v) is 8.63. The summed E-state index contributed by atoms with van der Waals surface area (Å²) in [5.74, 6) is -1.19. The minimum absolute atomic E-state index is 0.109. The molecule has 0 radical (unpaired) electrons. The molecule has 0 aromatic heterocycles. The van der Waals surface area contributed by atoms with Crippen LogP contribution in [0.4, 0.5) is 10.1 Å². The Kier molecular flexibility index (Phi) is 3.88. The fraction of sp³-hybridized carbons (Fsp3) is 0.118. The topological polar surface area (TPSA) is 66.5 Å². The van der Waals surface area contributed by atoms with Crippen LogP contribution in [-0.4, -0.2) is 33.3 Å². The van der Waals surface area contributed by atoms with Gasteiger partial charge in [0.05, 0.1) is 10.6 Å². The third-order valence-electron chi connectivity index (χ3n) is 3.67. The number of hydrogen-bond acceptors (Lipinski definition) is 4. The van der Waals surface area contributed by atoms with Gasteiger partial charge in [-0.3, -0.25) is 4.79 Å². The summed E-state index contributed by atoms with van der Waals surface area (Å²) in [7, 11) is -0.559. The van der Waals surface area contributed by atoms with Gasteiger partial charge in [-0.1, -0.05) is 18.2 Å². The zero-order valence-corrected chi connectivity index (χ0v) is 13.9. The monoisotopic (exact) mass is 346 g/mol. The number of halogens is 1. The van der Waals surface area contributed by atoms with Crippen LogP contribution in [0.15, 0.2) is 58.3 Å². The molecule has 0 bridgehead atoms. The molecule has 0 atom stereocenters. The number of fused-ring (bicyclic) bond motifs is 1. The van der Waals surface area contributed by atoms with Crippen molar-refractivity contribution >= 4 is 27.1 Å². The Morgan fingerprint density at radius 1 is 1.04 bits per heavy atom. The fourth-order valence-electron chi connectivity index (χ4n) is 2.65. The molecule has 1 aliphatic rings. The maximum atomic E-state index is 13.0. The van der Waals surface area contributed by atoms with E-state index < -0.39 is 21.6 Å². The Morgan fingerprint density at radius 2 is 1.67 bits per heavy atom. The van der Waals surface area contributed by atoms with Crippen LogP contribution in [-0.2, 0) is 14.6 Å². The Balaban J connectivity index is 2.09. The summed E-state index contributed by atoms with van der Waals surface area (Å²) in [6.45, 7) is 0. The summed E-state index contributed by atoms with van der Waals surface area (Å²) in [4.78, 5) is 14.0. The van der Waals surface area contributed by atoms with E-state index in [0.717, 1.165) is 0 Å². The summed E-state index contributed by atoms with van der Waals surface area (Å²) in [6.07, 6.45) is 0. The third kappa shape index (κ3) is 2.56. The Hall–Kier alpha value is -2.67. The number of rotatable bonds is 3. The number of nitrogens with zero attached hydrogens (tertiary/aromatic N) is 1. The van der Waals surface area contributed by atoms with Gasteiger partial charge in [-0.15, -0.1) is 0 Å². The van der Waals surface area contributed by atoms with Crippen molar-refractivity contribution in [3.63, 3.8) is 0 Å². The highest BCUT2D eigenvalue weighted by atomic mass is 32.2. The molecule has 0 aliphatic carbocycles. The summed E-state index contributed by atoms with van der Waals surface area (Å²) < 4.78 is 38.5. The number of hydrogen-bond donors (Lipinski definition) is 1. The summed E-state index contributed by atoms with van der Waals surface area (Å²) in [6, 6.07) is 11.6. The molecule has 2 aromatic carbocycles. The second-order valence-electron chi connectivity index (χ2n) is 5.53. The molecular weight excluding hydrogens is 331 g/mol. The molecule has 0 spiro atoms. The molecule has 0 fully saturated rings. The van der Waals surface area contributed by atoms with Crippen LogP contribution in [0.25, 0.3) is 5.70 Å². The molecule has 3 rings (SSSR count). The maximum absolute atomic E-state index is 13.0. The smallest absolute Gasteiger partial charge is 0.269 e. The third-order valence-corrected chi connectivity index (χ3v) is 5.52. The predicted molar refractivity (Wildman–Crippen MR) is 89.3 cm³/mol. The van der Waals surface area contributed by atoms with Crippen LogP contribution in [0.1, 0.15) is 5.56 Å². The van der Waals surface area contributed by atoms with Crippen molar-refractivity contribution in [2.24, 2.45) is 0 Å². The lowest BCUT2D eigenvalue weighted by molar-refractivity contribution is -0.112. The molecule has 5 nitrogen and oxygen atoms in total. The van der Waals surface area contributed by atoms with Crippen molar-refractivity contribution in [2.75, 3.05) is 19.4 Å². The van der Waals surface area contributed by atoms with Gasteiger partial charge >= 0.3 is 0 Å². The molecule has 1 amide bonds. The first-order chi connectivity index (χ1) is 11.3. The summed E-state index contributed by atoms with van der Waals surface area (Å²) >= 11 is 0. The van der Waals surface area contributed by atoms with E-state index in [0.29, 0.717) is 16.9 Å². The van der Waals surface area contributed by atoms with E-state index in [9.17, 15) is 17.6 Å². The zero-order valence-electron chi connectivity index (χ0n) is 13.1. The molecular formula is C17H15FN2O3S. The van der Waals surface area contributed by atoms with E-state index in [1.54, 1.807) is 37.2 Å². The second-order valence-corrected chi connectivity index (χ2v) is 7.39. The Labute approximate surface area is 139 Å². The van der Waals surface area contributed by atoms with Crippen molar-refractivity contribution in [3.05, 3.63) is 64.8 Å². The average Bonchev–Trinajstić information content (AvgIpc) is 2.78. The van der Waals surface area contributed by atoms with Gasteiger partial charge in [0.25, 0.3) is 5.91 Å². The van der Waals surface area contributed by atoms with E-state index in [-0.39, 0.29) is 9.80 Å². The molecule has 1 N–H and O–H groups in total. The van der Waals surface area contributed by atoms with Crippen molar-refractivity contribution < 1.29 is 17.6 Å². The summed E-state index contributed by atoms with van der Waals surface area (Å²) in [5.41, 5.74) is 1.15. The van der Waals surface area contributed by atoms with Crippen molar-refractivity contribution in [2.45, 2.75) is 4.90 Å². The van der Waals surface area contributed by atoms with Gasteiger partial charge in [0.1, 0.15) is 5.82 Å². The Morgan fingerprint density at radius 3 is 2.29 bits per heavy atom. The number of benzene rings is 2. The van der Waals surface area contributed by atoms with Gasteiger partial charge < -0.3 is 10.2 Å². The minimum atomic E-state index is -3.92. The zero-order chi connectivity index (χ0) is 17.5. The van der Waals surface area contributed by atoms with Crippen LogP contribution >= 0.6 is 0 Å². The molecule has 24 heavy (non-hydrogen) atoms. The highest BCUT2D eigenvalue weighted by molar-refractivity contribution is 7.97.